The highest BCUT2D eigenvalue weighted by molar-refractivity contribution is 7.84. The summed E-state index contributed by atoms with van der Waals surface area (Å²) in [6.45, 7) is 0. The molecule has 8 heteroatoms. The van der Waals surface area contributed by atoms with Gasteiger partial charge in [-0.25, -0.2) is 4.21 Å². The standard InChI is InChI=1S/C17H15F3N2O2S/c1-22(2)16(15(23)12-8-4-3-5-9-12)21-25(24)14-11-7-6-10-13(14)17(18,19)20/h3-11H,1-2H3/b21-16-. The van der Waals surface area contributed by atoms with E-state index in [1.165, 1.54) is 31.1 Å². The van der Waals surface area contributed by atoms with Crippen LogP contribution >= 0.6 is 0 Å². The number of nitrogens with zero attached hydrogens (tertiary/aromatic N) is 2. The lowest BCUT2D eigenvalue weighted by Crippen LogP contribution is -2.31. The summed E-state index contributed by atoms with van der Waals surface area (Å²) in [5, 5.41) is 0. The number of benzene rings is 2. The fourth-order valence-electron chi connectivity index (χ4n) is 2.03. The Morgan fingerprint density at radius 1 is 1.00 bits per heavy atom. The first-order chi connectivity index (χ1) is 11.7. The van der Waals surface area contributed by atoms with Gasteiger partial charge in [0.05, 0.1) is 10.5 Å². The quantitative estimate of drug-likeness (QED) is 0.471. The molecule has 0 aliphatic heterocycles. The van der Waals surface area contributed by atoms with E-state index in [0.717, 1.165) is 12.1 Å². The van der Waals surface area contributed by atoms with Crippen molar-refractivity contribution in [3.05, 3.63) is 65.7 Å². The molecule has 1 atom stereocenters. The molecule has 0 fully saturated rings. The number of amidine groups is 1. The monoisotopic (exact) mass is 368 g/mol. The molecule has 2 rings (SSSR count). The first kappa shape index (κ1) is 18.9. The lowest BCUT2D eigenvalue weighted by Gasteiger charge is -2.15. The maximum absolute atomic E-state index is 13.1. The minimum absolute atomic E-state index is 0.193. The van der Waals surface area contributed by atoms with Crippen LogP contribution in [-0.2, 0) is 17.2 Å². The first-order valence-corrected chi connectivity index (χ1v) is 8.26. The molecule has 0 saturated carbocycles. The van der Waals surface area contributed by atoms with Gasteiger partial charge in [0.25, 0.3) is 0 Å². The predicted molar refractivity (Wildman–Crippen MR) is 89.7 cm³/mol. The number of carbonyl (C=O) groups is 1. The zero-order chi connectivity index (χ0) is 18.6. The zero-order valence-corrected chi connectivity index (χ0v) is 14.3. The minimum atomic E-state index is -4.66. The first-order valence-electron chi connectivity index (χ1n) is 7.15. The topological polar surface area (TPSA) is 49.7 Å². The number of hydrogen-bond acceptors (Lipinski definition) is 2. The summed E-state index contributed by atoms with van der Waals surface area (Å²) in [6.07, 6.45) is -4.66. The fourth-order valence-corrected chi connectivity index (χ4v) is 3.09. The van der Waals surface area contributed by atoms with Crippen LogP contribution in [0, 0.1) is 0 Å². The van der Waals surface area contributed by atoms with Crippen LogP contribution in [0.5, 0.6) is 0 Å². The van der Waals surface area contributed by atoms with Gasteiger partial charge in [0.1, 0.15) is 0 Å². The number of halogens is 3. The van der Waals surface area contributed by atoms with Gasteiger partial charge >= 0.3 is 6.18 Å². The molecule has 0 N–H and O–H groups in total. The predicted octanol–water partition coefficient (Wildman–Crippen LogP) is 3.57. The Kier molecular flexibility index (Phi) is 5.73. The molecular formula is C17H15F3N2O2S. The summed E-state index contributed by atoms with van der Waals surface area (Å²) in [4.78, 5) is 13.3. The van der Waals surface area contributed by atoms with Crippen molar-refractivity contribution in [2.75, 3.05) is 14.1 Å². The molecular weight excluding hydrogens is 353 g/mol. The Hall–Kier alpha value is -2.48. The summed E-state index contributed by atoms with van der Waals surface area (Å²) in [5.41, 5.74) is -0.738. The maximum atomic E-state index is 13.1. The number of rotatable bonds is 4. The van der Waals surface area contributed by atoms with Crippen molar-refractivity contribution in [1.29, 1.82) is 0 Å². The number of likely N-dealkylation sites (N-methyl/N-ethyl adjacent to an activating group) is 1. The van der Waals surface area contributed by atoms with Gasteiger partial charge in [0, 0.05) is 19.7 Å². The van der Waals surface area contributed by atoms with E-state index in [1.54, 1.807) is 30.3 Å². The van der Waals surface area contributed by atoms with Gasteiger partial charge in [-0.3, -0.25) is 4.79 Å². The lowest BCUT2D eigenvalue weighted by molar-refractivity contribution is -0.139. The van der Waals surface area contributed by atoms with Gasteiger partial charge < -0.3 is 4.90 Å². The van der Waals surface area contributed by atoms with Crippen LogP contribution in [0.2, 0.25) is 0 Å². The van der Waals surface area contributed by atoms with Crippen molar-refractivity contribution in [1.82, 2.24) is 4.90 Å². The Balaban J connectivity index is 2.46. The summed E-state index contributed by atoms with van der Waals surface area (Å²) in [6, 6.07) is 12.6. The third-order valence-corrected chi connectivity index (χ3v) is 4.28. The highest BCUT2D eigenvalue weighted by Crippen LogP contribution is 2.33. The SMILES string of the molecule is CN(C)/C(=N\S(=O)c1ccccc1C(F)(F)F)C(=O)c1ccccc1. The second kappa shape index (κ2) is 7.60. The van der Waals surface area contributed by atoms with E-state index in [1.807, 2.05) is 0 Å². The van der Waals surface area contributed by atoms with Gasteiger partial charge in [-0.15, -0.1) is 0 Å². The number of hydrogen-bond donors (Lipinski definition) is 0. The summed E-state index contributed by atoms with van der Waals surface area (Å²) < 4.78 is 55.4. The average molecular weight is 368 g/mol. The van der Waals surface area contributed by atoms with Crippen LogP contribution in [0.4, 0.5) is 13.2 Å². The maximum Gasteiger partial charge on any atom is 0.417 e. The number of ketones is 1. The summed E-state index contributed by atoms with van der Waals surface area (Å²) in [7, 11) is 0.632. The second-order valence-corrected chi connectivity index (χ2v) is 6.37. The fraction of sp³-hybridized carbons (Fsp3) is 0.176. The van der Waals surface area contributed by atoms with Crippen LogP contribution in [-0.4, -0.2) is 34.8 Å². The number of Topliss-reactive ketones (excluding diaryl/α,β-unsaturated/α-hetero) is 1. The Morgan fingerprint density at radius 3 is 2.12 bits per heavy atom. The van der Waals surface area contributed by atoms with Crippen LogP contribution < -0.4 is 0 Å². The van der Waals surface area contributed by atoms with Crippen LogP contribution in [0.3, 0.4) is 0 Å². The molecule has 0 aromatic heterocycles. The molecule has 0 heterocycles. The molecule has 4 nitrogen and oxygen atoms in total. The minimum Gasteiger partial charge on any atom is -0.359 e. The molecule has 2 aromatic rings. The van der Waals surface area contributed by atoms with Crippen molar-refractivity contribution in [2.24, 2.45) is 4.40 Å². The van der Waals surface area contributed by atoms with E-state index in [0.29, 0.717) is 5.56 Å². The van der Waals surface area contributed by atoms with Crippen LogP contribution in [0.1, 0.15) is 15.9 Å². The molecule has 2 aromatic carbocycles. The molecule has 0 spiro atoms. The Labute approximate surface area is 145 Å². The summed E-state index contributed by atoms with van der Waals surface area (Å²) in [5.74, 6) is -0.718. The van der Waals surface area contributed by atoms with Crippen molar-refractivity contribution in [3.63, 3.8) is 0 Å². The van der Waals surface area contributed by atoms with E-state index in [4.69, 9.17) is 0 Å². The van der Waals surface area contributed by atoms with Gasteiger partial charge in [0.2, 0.25) is 5.78 Å². The van der Waals surface area contributed by atoms with E-state index in [-0.39, 0.29) is 5.84 Å². The van der Waals surface area contributed by atoms with E-state index in [2.05, 4.69) is 4.40 Å². The van der Waals surface area contributed by atoms with E-state index in [9.17, 15) is 22.2 Å². The third-order valence-electron chi connectivity index (χ3n) is 3.21. The van der Waals surface area contributed by atoms with Crippen molar-refractivity contribution in [2.45, 2.75) is 11.1 Å². The zero-order valence-electron chi connectivity index (χ0n) is 13.4. The van der Waals surface area contributed by atoms with Crippen molar-refractivity contribution >= 4 is 22.6 Å². The highest BCUT2D eigenvalue weighted by Gasteiger charge is 2.35. The van der Waals surface area contributed by atoms with Crippen LogP contribution in [0.25, 0.3) is 0 Å². The van der Waals surface area contributed by atoms with Gasteiger partial charge in [0.15, 0.2) is 16.8 Å². The van der Waals surface area contributed by atoms with Gasteiger partial charge in [-0.05, 0) is 12.1 Å². The average Bonchev–Trinajstić information content (AvgIpc) is 2.58. The third kappa shape index (κ3) is 4.54. The van der Waals surface area contributed by atoms with Crippen molar-refractivity contribution in [3.8, 4) is 0 Å². The molecule has 1 unspecified atom stereocenters. The van der Waals surface area contributed by atoms with E-state index >= 15 is 0 Å². The molecule has 0 aliphatic rings. The number of carbonyl (C=O) groups excluding carboxylic acids is 1. The van der Waals surface area contributed by atoms with Crippen molar-refractivity contribution < 1.29 is 22.2 Å². The van der Waals surface area contributed by atoms with E-state index < -0.39 is 33.4 Å². The van der Waals surface area contributed by atoms with Gasteiger partial charge in [-0.1, -0.05) is 42.5 Å². The normalized spacial score (nSPS) is 13.4. The smallest absolute Gasteiger partial charge is 0.359 e. The molecule has 25 heavy (non-hydrogen) atoms. The lowest BCUT2D eigenvalue weighted by atomic mass is 10.1. The summed E-state index contributed by atoms with van der Waals surface area (Å²) >= 11 is 0. The molecule has 132 valence electrons. The molecule has 0 amide bonds. The molecule has 0 saturated heterocycles. The largest absolute Gasteiger partial charge is 0.417 e. The molecule has 0 aliphatic carbocycles. The second-order valence-electron chi connectivity index (χ2n) is 5.25. The Morgan fingerprint density at radius 2 is 1.56 bits per heavy atom. The molecule has 0 bridgehead atoms. The number of alkyl halides is 3. The molecule has 0 radical (unpaired) electrons. The van der Waals surface area contributed by atoms with Crippen LogP contribution in [0.15, 0.2) is 63.9 Å². The highest BCUT2D eigenvalue weighted by atomic mass is 32.2. The Bertz CT molecular complexity index is 818. The van der Waals surface area contributed by atoms with Gasteiger partial charge in [-0.2, -0.15) is 17.6 Å².